The van der Waals surface area contributed by atoms with Crippen molar-refractivity contribution in [3.8, 4) is 0 Å². The Kier molecular flexibility index (Phi) is 3.04. The molecule has 0 radical (unpaired) electrons. The Hall–Kier alpha value is -0.680. The van der Waals surface area contributed by atoms with Crippen molar-refractivity contribution in [3.63, 3.8) is 0 Å². The van der Waals surface area contributed by atoms with Gasteiger partial charge in [-0.1, -0.05) is 0 Å². The zero-order chi connectivity index (χ0) is 11.8. The number of thiazole rings is 1. The third kappa shape index (κ3) is 2.06. The Bertz CT molecular complexity index is 394. The highest BCUT2D eigenvalue weighted by Crippen LogP contribution is 2.35. The van der Waals surface area contributed by atoms with Crippen LogP contribution >= 0.6 is 11.3 Å². The lowest BCUT2D eigenvalue weighted by Crippen LogP contribution is -2.50. The maximum Gasteiger partial charge on any atom is 0.186 e. The van der Waals surface area contributed by atoms with Crippen LogP contribution in [0.5, 0.6) is 0 Å². The van der Waals surface area contributed by atoms with Crippen molar-refractivity contribution in [3.05, 3.63) is 11.1 Å². The van der Waals surface area contributed by atoms with Crippen LogP contribution in [0.15, 0.2) is 5.38 Å². The second kappa shape index (κ2) is 4.53. The molecule has 2 fully saturated rings. The van der Waals surface area contributed by atoms with Gasteiger partial charge in [0, 0.05) is 11.4 Å². The van der Waals surface area contributed by atoms with Crippen molar-refractivity contribution in [1.29, 1.82) is 0 Å². The number of halogens is 1. The number of hydrogen-bond acceptors (Lipinski definition) is 4. The second-order valence-corrected chi connectivity index (χ2v) is 5.72. The molecule has 0 spiro atoms. The minimum atomic E-state index is -0.875. The van der Waals surface area contributed by atoms with Crippen LogP contribution in [0, 0.1) is 6.92 Å². The molecule has 5 heteroatoms. The normalized spacial score (nSPS) is 29.3. The molecule has 0 amide bonds. The van der Waals surface area contributed by atoms with Crippen LogP contribution in [0.2, 0.25) is 0 Å². The Morgan fingerprint density at radius 3 is 2.76 bits per heavy atom. The van der Waals surface area contributed by atoms with Crippen molar-refractivity contribution in [1.82, 2.24) is 4.98 Å². The summed E-state index contributed by atoms with van der Waals surface area (Å²) in [6, 6.07) is 0.330. The van der Waals surface area contributed by atoms with Crippen molar-refractivity contribution >= 4 is 16.5 Å². The van der Waals surface area contributed by atoms with Crippen LogP contribution in [0.1, 0.15) is 25.0 Å². The lowest BCUT2D eigenvalue weighted by atomic mass is 9.90. The lowest BCUT2D eigenvalue weighted by molar-refractivity contribution is 0.172. The zero-order valence-corrected chi connectivity index (χ0v) is 10.8. The smallest absolute Gasteiger partial charge is 0.186 e. The van der Waals surface area contributed by atoms with Crippen molar-refractivity contribution in [2.24, 2.45) is 0 Å². The fraction of sp³-hybridized carbons (Fsp3) is 0.750. The van der Waals surface area contributed by atoms with E-state index in [4.69, 9.17) is 4.74 Å². The third-order valence-corrected chi connectivity index (χ3v) is 4.61. The standard InChI is InChI=1S/C12H17FN2OS/c1-8-7-17-12(14-8)15(9-3-2-4-9)11-6-16-5-10(11)13/h7,9-11H,2-6H2,1H3. The van der Waals surface area contributed by atoms with E-state index in [2.05, 4.69) is 9.88 Å². The van der Waals surface area contributed by atoms with Crippen LogP contribution in [0.3, 0.4) is 0 Å². The summed E-state index contributed by atoms with van der Waals surface area (Å²) in [6.07, 6.45) is 2.68. The summed E-state index contributed by atoms with van der Waals surface area (Å²) in [5.41, 5.74) is 1.02. The van der Waals surface area contributed by atoms with E-state index in [0.29, 0.717) is 12.6 Å². The van der Waals surface area contributed by atoms with E-state index in [0.717, 1.165) is 23.7 Å². The van der Waals surface area contributed by atoms with Gasteiger partial charge in [-0.25, -0.2) is 9.37 Å². The van der Waals surface area contributed by atoms with Gasteiger partial charge in [0.1, 0.15) is 6.17 Å². The average molecular weight is 256 g/mol. The minimum Gasteiger partial charge on any atom is -0.376 e. The Morgan fingerprint density at radius 2 is 2.29 bits per heavy atom. The number of aryl methyl sites for hydroxylation is 1. The quantitative estimate of drug-likeness (QED) is 0.831. The van der Waals surface area contributed by atoms with E-state index < -0.39 is 6.17 Å². The first-order valence-electron chi connectivity index (χ1n) is 6.18. The van der Waals surface area contributed by atoms with Gasteiger partial charge >= 0.3 is 0 Å². The minimum absolute atomic E-state index is 0.133. The first kappa shape index (κ1) is 11.4. The summed E-state index contributed by atoms with van der Waals surface area (Å²) in [6.45, 7) is 2.71. The second-order valence-electron chi connectivity index (χ2n) is 4.88. The molecule has 3 nitrogen and oxygen atoms in total. The van der Waals surface area contributed by atoms with Crippen LogP contribution in [0.25, 0.3) is 0 Å². The average Bonchev–Trinajstić information content (AvgIpc) is 2.81. The van der Waals surface area contributed by atoms with E-state index in [9.17, 15) is 4.39 Å². The van der Waals surface area contributed by atoms with Crippen LogP contribution in [-0.4, -0.2) is 36.5 Å². The molecule has 1 aromatic rings. The molecule has 2 atom stereocenters. The van der Waals surface area contributed by atoms with Crippen molar-refractivity contribution < 1.29 is 9.13 Å². The van der Waals surface area contributed by atoms with E-state index in [1.807, 2.05) is 12.3 Å². The highest BCUT2D eigenvalue weighted by Gasteiger charge is 2.39. The topological polar surface area (TPSA) is 25.4 Å². The van der Waals surface area contributed by atoms with Gasteiger partial charge in [-0.3, -0.25) is 0 Å². The summed E-state index contributed by atoms with van der Waals surface area (Å²) in [5, 5.41) is 3.00. The van der Waals surface area contributed by atoms with Crippen LogP contribution < -0.4 is 4.90 Å². The molecule has 3 rings (SSSR count). The Labute approximate surface area is 105 Å². The van der Waals surface area contributed by atoms with Crippen LogP contribution in [-0.2, 0) is 4.74 Å². The van der Waals surface area contributed by atoms with Gasteiger partial charge in [-0.05, 0) is 26.2 Å². The van der Waals surface area contributed by atoms with Gasteiger partial charge in [0.05, 0.1) is 24.9 Å². The first-order chi connectivity index (χ1) is 8.25. The van der Waals surface area contributed by atoms with Gasteiger partial charge in [-0.15, -0.1) is 11.3 Å². The largest absolute Gasteiger partial charge is 0.376 e. The van der Waals surface area contributed by atoms with E-state index in [-0.39, 0.29) is 12.6 Å². The molecule has 2 heterocycles. The summed E-state index contributed by atoms with van der Waals surface area (Å²) in [4.78, 5) is 6.69. The Balaban J connectivity index is 1.85. The van der Waals surface area contributed by atoms with Crippen molar-refractivity contribution in [2.45, 2.75) is 44.4 Å². The first-order valence-corrected chi connectivity index (χ1v) is 7.06. The van der Waals surface area contributed by atoms with Crippen LogP contribution in [0.4, 0.5) is 9.52 Å². The fourth-order valence-electron chi connectivity index (χ4n) is 2.47. The predicted molar refractivity (Wildman–Crippen MR) is 66.5 cm³/mol. The maximum atomic E-state index is 13.9. The molecule has 1 aromatic heterocycles. The van der Waals surface area contributed by atoms with Crippen molar-refractivity contribution in [2.75, 3.05) is 18.1 Å². The number of alkyl halides is 1. The molecule has 0 aromatic carbocycles. The molecule has 17 heavy (non-hydrogen) atoms. The van der Waals surface area contributed by atoms with Gasteiger partial charge in [0.15, 0.2) is 5.13 Å². The van der Waals surface area contributed by atoms with Gasteiger partial charge < -0.3 is 9.64 Å². The molecule has 94 valence electrons. The summed E-state index contributed by atoms with van der Waals surface area (Å²) in [5.74, 6) is 0. The SMILES string of the molecule is Cc1csc(N(C2CCC2)C2COCC2F)n1. The van der Waals surface area contributed by atoms with E-state index in [1.54, 1.807) is 11.3 Å². The van der Waals surface area contributed by atoms with E-state index >= 15 is 0 Å². The molecular weight excluding hydrogens is 239 g/mol. The van der Waals surface area contributed by atoms with Gasteiger partial charge in [-0.2, -0.15) is 0 Å². The fourth-order valence-corrected chi connectivity index (χ4v) is 3.40. The molecule has 0 N–H and O–H groups in total. The molecule has 0 bridgehead atoms. The maximum absolute atomic E-state index is 13.9. The summed E-state index contributed by atoms with van der Waals surface area (Å²) < 4.78 is 19.1. The third-order valence-electron chi connectivity index (χ3n) is 3.64. The summed E-state index contributed by atoms with van der Waals surface area (Å²) >= 11 is 1.62. The molecule has 2 unspecified atom stereocenters. The molecule has 1 aliphatic carbocycles. The highest BCUT2D eigenvalue weighted by molar-refractivity contribution is 7.13. The Morgan fingerprint density at radius 1 is 1.47 bits per heavy atom. The number of hydrogen-bond donors (Lipinski definition) is 0. The number of anilines is 1. The van der Waals surface area contributed by atoms with Gasteiger partial charge in [0.2, 0.25) is 0 Å². The van der Waals surface area contributed by atoms with E-state index in [1.165, 1.54) is 6.42 Å². The highest BCUT2D eigenvalue weighted by atomic mass is 32.1. The number of ether oxygens (including phenoxy) is 1. The number of rotatable bonds is 3. The summed E-state index contributed by atoms with van der Waals surface area (Å²) in [7, 11) is 0. The molecule has 2 aliphatic rings. The monoisotopic (exact) mass is 256 g/mol. The lowest BCUT2D eigenvalue weighted by Gasteiger charge is -2.41. The number of nitrogens with zero attached hydrogens (tertiary/aromatic N) is 2. The molecule has 1 saturated carbocycles. The molecule has 1 saturated heterocycles. The zero-order valence-electron chi connectivity index (χ0n) is 9.93. The number of aromatic nitrogens is 1. The predicted octanol–water partition coefficient (Wildman–Crippen LogP) is 2.55. The molecular formula is C12H17FN2OS. The van der Waals surface area contributed by atoms with Gasteiger partial charge in [0.25, 0.3) is 0 Å². The molecule has 1 aliphatic heterocycles.